The molecule has 0 saturated heterocycles. The second-order valence-electron chi connectivity index (χ2n) is 6.15. The Kier molecular flexibility index (Phi) is 2.99. The third-order valence-corrected chi connectivity index (χ3v) is 4.87. The van der Waals surface area contributed by atoms with Gasteiger partial charge in [-0.25, -0.2) is 0 Å². The summed E-state index contributed by atoms with van der Waals surface area (Å²) < 4.78 is 0. The van der Waals surface area contributed by atoms with E-state index in [1.165, 1.54) is 60.0 Å². The van der Waals surface area contributed by atoms with Crippen LogP contribution in [-0.4, -0.2) is 6.54 Å². The highest BCUT2D eigenvalue weighted by Gasteiger charge is 2.19. The lowest BCUT2D eigenvalue weighted by atomic mass is 9.80. The lowest BCUT2D eigenvalue weighted by Crippen LogP contribution is -2.11. The number of benzene rings is 2. The molecule has 1 N–H and O–H groups in total. The Bertz CT molecular complexity index is 608. The van der Waals surface area contributed by atoms with Crippen molar-refractivity contribution in [2.75, 3.05) is 11.9 Å². The fourth-order valence-corrected chi connectivity index (χ4v) is 3.33. The van der Waals surface area contributed by atoms with E-state index in [9.17, 15) is 0 Å². The Morgan fingerprint density at radius 1 is 0.850 bits per heavy atom. The van der Waals surface area contributed by atoms with Crippen molar-refractivity contribution in [3.63, 3.8) is 0 Å². The Hall–Kier alpha value is -1.76. The molecule has 2 aliphatic rings. The normalized spacial score (nSPS) is 18.0. The molecule has 1 nitrogen and oxygen atoms in total. The van der Waals surface area contributed by atoms with Gasteiger partial charge in [0, 0.05) is 12.2 Å². The number of hydrogen-bond acceptors (Lipinski definition) is 1. The first-order valence-electron chi connectivity index (χ1n) is 7.87. The third-order valence-electron chi connectivity index (χ3n) is 4.87. The van der Waals surface area contributed by atoms with Crippen LogP contribution >= 0.6 is 0 Å². The van der Waals surface area contributed by atoms with Crippen molar-refractivity contribution >= 4 is 5.69 Å². The van der Waals surface area contributed by atoms with Crippen LogP contribution in [0.15, 0.2) is 42.5 Å². The summed E-state index contributed by atoms with van der Waals surface area (Å²) in [6, 6.07) is 16.1. The van der Waals surface area contributed by atoms with Gasteiger partial charge in [0.05, 0.1) is 0 Å². The molecule has 102 valence electrons. The zero-order chi connectivity index (χ0) is 13.4. The number of nitrogens with one attached hydrogen (secondary N) is 1. The largest absolute Gasteiger partial charge is 0.385 e. The van der Waals surface area contributed by atoms with Crippen molar-refractivity contribution in [3.05, 3.63) is 53.6 Å². The second-order valence-corrected chi connectivity index (χ2v) is 6.15. The van der Waals surface area contributed by atoms with Gasteiger partial charge in [-0.1, -0.05) is 42.8 Å². The standard InChI is InChI=1S/C19H21N/c1-3-14(4-1)15-6-8-16(9-7-15)18-11-10-17-5-2-12-20-19(17)13-18/h6-11,13-14,20H,1-5,12H2. The minimum Gasteiger partial charge on any atom is -0.385 e. The molecule has 1 fully saturated rings. The lowest BCUT2D eigenvalue weighted by molar-refractivity contribution is 0.420. The maximum absolute atomic E-state index is 3.52. The van der Waals surface area contributed by atoms with Gasteiger partial charge in [-0.15, -0.1) is 0 Å². The highest BCUT2D eigenvalue weighted by atomic mass is 14.9. The van der Waals surface area contributed by atoms with Gasteiger partial charge in [0.15, 0.2) is 0 Å². The smallest absolute Gasteiger partial charge is 0.0378 e. The minimum atomic E-state index is 0.828. The van der Waals surface area contributed by atoms with Gasteiger partial charge >= 0.3 is 0 Å². The summed E-state index contributed by atoms with van der Waals surface area (Å²) in [5, 5.41) is 3.52. The number of aryl methyl sites for hydroxylation is 1. The quantitative estimate of drug-likeness (QED) is 0.805. The first-order chi connectivity index (χ1) is 9.90. The van der Waals surface area contributed by atoms with Crippen molar-refractivity contribution in [2.45, 2.75) is 38.0 Å². The molecule has 1 heterocycles. The van der Waals surface area contributed by atoms with Crippen LogP contribution in [0.2, 0.25) is 0 Å². The molecule has 0 amide bonds. The summed E-state index contributed by atoms with van der Waals surface area (Å²) in [6.07, 6.45) is 6.62. The molecule has 0 aromatic heterocycles. The summed E-state index contributed by atoms with van der Waals surface area (Å²) >= 11 is 0. The summed E-state index contributed by atoms with van der Waals surface area (Å²) in [4.78, 5) is 0. The number of rotatable bonds is 2. The highest BCUT2D eigenvalue weighted by molar-refractivity contribution is 5.70. The SMILES string of the molecule is c1cc(C2CCC2)ccc1-c1ccc2c(c1)NCCC2. The van der Waals surface area contributed by atoms with E-state index in [2.05, 4.69) is 47.8 Å². The van der Waals surface area contributed by atoms with Crippen LogP contribution in [0.3, 0.4) is 0 Å². The number of fused-ring (bicyclic) bond motifs is 1. The van der Waals surface area contributed by atoms with Gasteiger partial charge in [0.2, 0.25) is 0 Å². The van der Waals surface area contributed by atoms with Crippen LogP contribution in [0.4, 0.5) is 5.69 Å². The molecule has 0 unspecified atom stereocenters. The zero-order valence-corrected chi connectivity index (χ0v) is 11.9. The molecule has 0 atom stereocenters. The van der Waals surface area contributed by atoms with Gasteiger partial charge in [0.1, 0.15) is 0 Å². The molecule has 1 aliphatic heterocycles. The zero-order valence-electron chi connectivity index (χ0n) is 11.9. The summed E-state index contributed by atoms with van der Waals surface area (Å²) in [5.41, 5.74) is 6.99. The second kappa shape index (κ2) is 4.97. The first-order valence-corrected chi connectivity index (χ1v) is 7.87. The Morgan fingerprint density at radius 3 is 2.40 bits per heavy atom. The Labute approximate surface area is 121 Å². The monoisotopic (exact) mass is 263 g/mol. The molecule has 2 aromatic carbocycles. The van der Waals surface area contributed by atoms with Crippen LogP contribution in [0.5, 0.6) is 0 Å². The summed E-state index contributed by atoms with van der Waals surface area (Å²) in [7, 11) is 0. The molecule has 1 heteroatoms. The van der Waals surface area contributed by atoms with Crippen molar-refractivity contribution in [1.82, 2.24) is 0 Å². The first kappa shape index (κ1) is 12.0. The van der Waals surface area contributed by atoms with E-state index < -0.39 is 0 Å². The molecule has 20 heavy (non-hydrogen) atoms. The van der Waals surface area contributed by atoms with Gasteiger partial charge in [-0.05, 0) is 59.9 Å². The molecule has 0 bridgehead atoms. The van der Waals surface area contributed by atoms with Gasteiger partial charge < -0.3 is 5.32 Å². The summed E-state index contributed by atoms with van der Waals surface area (Å²) in [5.74, 6) is 0.828. The fourth-order valence-electron chi connectivity index (χ4n) is 3.33. The van der Waals surface area contributed by atoms with E-state index in [0.717, 1.165) is 12.5 Å². The third kappa shape index (κ3) is 2.11. The van der Waals surface area contributed by atoms with Crippen molar-refractivity contribution in [2.24, 2.45) is 0 Å². The molecule has 0 spiro atoms. The van der Waals surface area contributed by atoms with Gasteiger partial charge in [0.25, 0.3) is 0 Å². The van der Waals surface area contributed by atoms with Crippen LogP contribution in [0.25, 0.3) is 11.1 Å². The molecule has 4 rings (SSSR count). The highest BCUT2D eigenvalue weighted by Crippen LogP contribution is 2.37. The van der Waals surface area contributed by atoms with Crippen LogP contribution in [0.1, 0.15) is 42.7 Å². The maximum atomic E-state index is 3.52. The predicted molar refractivity (Wildman–Crippen MR) is 85.3 cm³/mol. The number of hydrogen-bond donors (Lipinski definition) is 1. The van der Waals surface area contributed by atoms with Crippen molar-refractivity contribution < 1.29 is 0 Å². The lowest BCUT2D eigenvalue weighted by Gasteiger charge is -2.26. The molecular weight excluding hydrogens is 242 g/mol. The topological polar surface area (TPSA) is 12.0 Å². The van der Waals surface area contributed by atoms with Crippen molar-refractivity contribution in [3.8, 4) is 11.1 Å². The van der Waals surface area contributed by atoms with Gasteiger partial charge in [-0.2, -0.15) is 0 Å². The molecule has 0 radical (unpaired) electrons. The maximum Gasteiger partial charge on any atom is 0.0378 e. The van der Waals surface area contributed by atoms with Crippen LogP contribution < -0.4 is 5.32 Å². The summed E-state index contributed by atoms with van der Waals surface area (Å²) in [6.45, 7) is 1.11. The molecular formula is C19H21N. The molecule has 1 aliphatic carbocycles. The van der Waals surface area contributed by atoms with E-state index >= 15 is 0 Å². The average molecular weight is 263 g/mol. The van der Waals surface area contributed by atoms with E-state index in [1.54, 1.807) is 0 Å². The number of anilines is 1. The van der Waals surface area contributed by atoms with E-state index in [1.807, 2.05) is 0 Å². The Morgan fingerprint density at radius 2 is 1.65 bits per heavy atom. The van der Waals surface area contributed by atoms with Crippen LogP contribution in [0, 0.1) is 0 Å². The minimum absolute atomic E-state index is 0.828. The molecule has 2 aromatic rings. The van der Waals surface area contributed by atoms with E-state index in [-0.39, 0.29) is 0 Å². The fraction of sp³-hybridized carbons (Fsp3) is 0.368. The van der Waals surface area contributed by atoms with Crippen LogP contribution in [-0.2, 0) is 6.42 Å². The van der Waals surface area contributed by atoms with Gasteiger partial charge in [-0.3, -0.25) is 0 Å². The van der Waals surface area contributed by atoms with E-state index in [4.69, 9.17) is 0 Å². The van der Waals surface area contributed by atoms with Crippen molar-refractivity contribution in [1.29, 1.82) is 0 Å². The predicted octanol–water partition coefficient (Wildman–Crippen LogP) is 4.98. The average Bonchev–Trinajstić information content (AvgIpc) is 2.46. The molecule has 1 saturated carbocycles. The van der Waals surface area contributed by atoms with E-state index in [0.29, 0.717) is 0 Å². The Balaban J connectivity index is 1.63.